The monoisotopic (exact) mass is 437 g/mol. The van der Waals surface area contributed by atoms with Crippen LogP contribution in [-0.2, 0) is 4.79 Å². The van der Waals surface area contributed by atoms with Crippen molar-refractivity contribution in [1.29, 1.82) is 0 Å². The second-order valence-electron chi connectivity index (χ2n) is 8.90. The zero-order valence-electron chi connectivity index (χ0n) is 18.6. The molecule has 3 aromatic carbocycles. The number of rotatable bonds is 3. The van der Waals surface area contributed by atoms with Crippen LogP contribution in [0, 0.1) is 13.8 Å². The number of anilines is 3. The second kappa shape index (κ2) is 7.30. The third-order valence-corrected chi connectivity index (χ3v) is 6.70. The lowest BCUT2D eigenvalue weighted by Crippen LogP contribution is -2.34. The molecule has 0 unspecified atom stereocenters. The highest BCUT2D eigenvalue weighted by atomic mass is 16.5. The molecular weight excluding hydrogens is 414 g/mol. The molecule has 6 nitrogen and oxygen atoms in total. The number of fused-ring (bicyclic) bond motifs is 2. The van der Waals surface area contributed by atoms with E-state index < -0.39 is 0 Å². The maximum Gasteiger partial charge on any atom is 0.196 e. The van der Waals surface area contributed by atoms with E-state index in [9.17, 15) is 9.59 Å². The number of nitrogens with zero attached hydrogens (tertiary/aromatic N) is 2. The quantitative estimate of drug-likeness (QED) is 0.398. The second-order valence-corrected chi connectivity index (χ2v) is 8.90. The lowest BCUT2D eigenvalue weighted by molar-refractivity contribution is -0.119. The number of piperidine rings is 1. The number of aromatic nitrogens is 1. The molecule has 1 aliphatic carbocycles. The van der Waals surface area contributed by atoms with Gasteiger partial charge in [0.2, 0.25) is 0 Å². The van der Waals surface area contributed by atoms with E-state index in [1.54, 1.807) is 0 Å². The van der Waals surface area contributed by atoms with Crippen LogP contribution in [0.2, 0.25) is 0 Å². The summed E-state index contributed by atoms with van der Waals surface area (Å²) in [6, 6.07) is 15.7. The summed E-state index contributed by atoms with van der Waals surface area (Å²) in [5.41, 5.74) is 7.42. The summed E-state index contributed by atoms with van der Waals surface area (Å²) in [7, 11) is 0. The number of ketones is 2. The standard InChI is InChI=1S/C27H23N3O3/c1-15-7-8-16(2)20(13-15)28-21-14-22(30-11-9-17(31)10-12-30)25-24-23(21)26(32)18-5-3-4-6-19(18)27(24)33-29-25/h3-8,13-14,28H,9-12H2,1-2H3. The van der Waals surface area contributed by atoms with Crippen LogP contribution < -0.4 is 10.2 Å². The van der Waals surface area contributed by atoms with Crippen molar-refractivity contribution >= 4 is 39.5 Å². The molecule has 4 aromatic rings. The molecule has 6 rings (SSSR count). The Kier molecular flexibility index (Phi) is 4.37. The average Bonchev–Trinajstić information content (AvgIpc) is 3.26. The minimum Gasteiger partial charge on any atom is -0.369 e. The fraction of sp³-hybridized carbons (Fsp3) is 0.222. The fourth-order valence-corrected chi connectivity index (χ4v) is 4.89. The number of carbonyl (C=O) groups excluding carboxylic acids is 2. The molecule has 1 N–H and O–H groups in total. The van der Waals surface area contributed by atoms with Crippen LogP contribution in [0.4, 0.5) is 17.1 Å². The Morgan fingerprint density at radius 3 is 2.48 bits per heavy atom. The van der Waals surface area contributed by atoms with Crippen molar-refractivity contribution < 1.29 is 14.1 Å². The highest BCUT2D eigenvalue weighted by Gasteiger charge is 2.34. The Morgan fingerprint density at radius 1 is 0.939 bits per heavy atom. The zero-order valence-corrected chi connectivity index (χ0v) is 18.6. The molecule has 0 radical (unpaired) electrons. The van der Waals surface area contributed by atoms with Gasteiger partial charge in [-0.05, 0) is 37.1 Å². The third kappa shape index (κ3) is 3.05. The molecule has 33 heavy (non-hydrogen) atoms. The van der Waals surface area contributed by atoms with Gasteiger partial charge in [0.15, 0.2) is 11.5 Å². The molecule has 6 heteroatoms. The molecule has 2 heterocycles. The van der Waals surface area contributed by atoms with Gasteiger partial charge in [-0.1, -0.05) is 41.6 Å². The smallest absolute Gasteiger partial charge is 0.196 e. The lowest BCUT2D eigenvalue weighted by atomic mass is 9.86. The SMILES string of the molecule is Cc1ccc(C)c(Nc2cc(N3CCC(=O)CC3)c3noc4c3c2C(=O)c2ccccc2-4)c1. The van der Waals surface area contributed by atoms with Gasteiger partial charge in [-0.15, -0.1) is 0 Å². The van der Waals surface area contributed by atoms with Crippen LogP contribution in [0.25, 0.3) is 22.2 Å². The molecular formula is C27H23N3O3. The molecule has 1 fully saturated rings. The van der Waals surface area contributed by atoms with Crippen LogP contribution in [0.1, 0.15) is 39.9 Å². The van der Waals surface area contributed by atoms with Crippen molar-refractivity contribution in [2.24, 2.45) is 0 Å². The van der Waals surface area contributed by atoms with Gasteiger partial charge < -0.3 is 14.7 Å². The molecule has 2 aliphatic rings. The van der Waals surface area contributed by atoms with E-state index in [1.165, 1.54) is 0 Å². The van der Waals surface area contributed by atoms with Crippen molar-refractivity contribution in [3.8, 4) is 11.3 Å². The van der Waals surface area contributed by atoms with Gasteiger partial charge in [0.25, 0.3) is 0 Å². The summed E-state index contributed by atoms with van der Waals surface area (Å²) >= 11 is 0. The molecule has 1 aliphatic heterocycles. The average molecular weight is 437 g/mol. The van der Waals surface area contributed by atoms with Gasteiger partial charge in [-0.25, -0.2) is 0 Å². The Bertz CT molecular complexity index is 1460. The van der Waals surface area contributed by atoms with Crippen molar-refractivity contribution in [1.82, 2.24) is 5.16 Å². The molecule has 0 bridgehead atoms. The third-order valence-electron chi connectivity index (χ3n) is 6.70. The van der Waals surface area contributed by atoms with E-state index in [2.05, 4.69) is 33.6 Å². The van der Waals surface area contributed by atoms with E-state index in [0.717, 1.165) is 39.1 Å². The molecule has 0 spiro atoms. The summed E-state index contributed by atoms with van der Waals surface area (Å²) in [5, 5.41) is 8.69. The first-order valence-corrected chi connectivity index (χ1v) is 11.2. The van der Waals surface area contributed by atoms with Crippen LogP contribution in [0.5, 0.6) is 0 Å². The predicted molar refractivity (Wildman–Crippen MR) is 129 cm³/mol. The lowest BCUT2D eigenvalue weighted by Gasteiger charge is -2.29. The summed E-state index contributed by atoms with van der Waals surface area (Å²) in [6.45, 7) is 5.35. The summed E-state index contributed by atoms with van der Waals surface area (Å²) in [4.78, 5) is 27.7. The molecule has 1 aromatic heterocycles. The topological polar surface area (TPSA) is 75.4 Å². The number of hydrogen-bond donors (Lipinski definition) is 1. The number of benzene rings is 3. The van der Waals surface area contributed by atoms with Crippen molar-refractivity contribution in [3.63, 3.8) is 0 Å². The van der Waals surface area contributed by atoms with Crippen molar-refractivity contribution in [2.75, 3.05) is 23.3 Å². The van der Waals surface area contributed by atoms with Crippen LogP contribution >= 0.6 is 0 Å². The fourth-order valence-electron chi connectivity index (χ4n) is 4.89. The Morgan fingerprint density at radius 2 is 1.70 bits per heavy atom. The predicted octanol–water partition coefficient (Wildman–Crippen LogP) is 5.57. The molecule has 0 amide bonds. The summed E-state index contributed by atoms with van der Waals surface area (Å²) < 4.78 is 5.85. The van der Waals surface area contributed by atoms with Crippen LogP contribution in [0.3, 0.4) is 0 Å². The molecule has 164 valence electrons. The normalized spacial score (nSPS) is 15.2. The van der Waals surface area contributed by atoms with Crippen molar-refractivity contribution in [3.05, 3.63) is 70.8 Å². The Balaban J connectivity index is 1.61. The Hall–Kier alpha value is -3.93. The van der Waals surface area contributed by atoms with Crippen LogP contribution in [-0.4, -0.2) is 29.8 Å². The zero-order chi connectivity index (χ0) is 22.7. The first-order chi connectivity index (χ1) is 16.0. The highest BCUT2D eigenvalue weighted by molar-refractivity contribution is 6.28. The minimum absolute atomic E-state index is 0.0421. The van der Waals surface area contributed by atoms with E-state index in [4.69, 9.17) is 4.52 Å². The maximum atomic E-state index is 13.7. The number of Topliss-reactive ketones (excluding diaryl/α,β-unsaturated/α-hetero) is 1. The number of aryl methyl sites for hydroxylation is 2. The van der Waals surface area contributed by atoms with E-state index >= 15 is 0 Å². The summed E-state index contributed by atoms with van der Waals surface area (Å²) in [6.07, 6.45) is 1.02. The van der Waals surface area contributed by atoms with Crippen molar-refractivity contribution in [2.45, 2.75) is 26.7 Å². The number of hydrogen-bond acceptors (Lipinski definition) is 6. The molecule has 1 saturated heterocycles. The molecule has 0 atom stereocenters. The van der Waals surface area contributed by atoms with E-state index in [0.29, 0.717) is 48.3 Å². The van der Waals surface area contributed by atoms with Gasteiger partial charge in [0, 0.05) is 42.7 Å². The van der Waals surface area contributed by atoms with Gasteiger partial charge in [0.05, 0.1) is 22.3 Å². The van der Waals surface area contributed by atoms with E-state index in [-0.39, 0.29) is 11.6 Å². The Labute approximate surface area is 191 Å². The van der Waals surface area contributed by atoms with Crippen LogP contribution in [0.15, 0.2) is 53.1 Å². The number of carbonyl (C=O) groups is 2. The largest absolute Gasteiger partial charge is 0.369 e. The minimum atomic E-state index is -0.0421. The maximum absolute atomic E-state index is 13.7. The highest BCUT2D eigenvalue weighted by Crippen LogP contribution is 2.46. The first kappa shape index (κ1) is 19.7. The van der Waals surface area contributed by atoms with Gasteiger partial charge >= 0.3 is 0 Å². The first-order valence-electron chi connectivity index (χ1n) is 11.2. The summed E-state index contributed by atoms with van der Waals surface area (Å²) in [5.74, 6) is 0.854. The number of nitrogens with one attached hydrogen (secondary N) is 1. The van der Waals surface area contributed by atoms with Gasteiger partial charge in [-0.3, -0.25) is 9.59 Å². The van der Waals surface area contributed by atoms with Gasteiger partial charge in [0.1, 0.15) is 11.3 Å². The van der Waals surface area contributed by atoms with E-state index in [1.807, 2.05) is 44.2 Å². The van der Waals surface area contributed by atoms with Gasteiger partial charge in [-0.2, -0.15) is 0 Å². The molecule has 0 saturated carbocycles.